The number of carbonyl (C=O) groups is 1. The van der Waals surface area contributed by atoms with Crippen LogP contribution in [0.4, 0.5) is 0 Å². The van der Waals surface area contributed by atoms with Gasteiger partial charge in [0.25, 0.3) is 11.5 Å². The van der Waals surface area contributed by atoms with Crippen LogP contribution in [0.2, 0.25) is 0 Å². The Kier molecular flexibility index (Phi) is 4.66. The van der Waals surface area contributed by atoms with Crippen LogP contribution in [0.3, 0.4) is 0 Å². The van der Waals surface area contributed by atoms with Crippen molar-refractivity contribution < 1.29 is 15.0 Å². The molecule has 0 saturated carbocycles. The SMILES string of the molecule is CCn1nc(C(=O)N/N=C/c2ccc(O)c(O)c2)c2ccccc2c1=O. The number of phenols is 2. The second kappa shape index (κ2) is 7.06. The number of benzene rings is 2. The van der Waals surface area contributed by atoms with Crippen LogP contribution < -0.4 is 11.0 Å². The topological polar surface area (TPSA) is 117 Å². The average molecular weight is 352 g/mol. The van der Waals surface area contributed by atoms with E-state index in [-0.39, 0.29) is 22.8 Å². The monoisotopic (exact) mass is 352 g/mol. The summed E-state index contributed by atoms with van der Waals surface area (Å²) in [5.74, 6) is -1.10. The van der Waals surface area contributed by atoms with Crippen molar-refractivity contribution in [2.75, 3.05) is 0 Å². The summed E-state index contributed by atoms with van der Waals surface area (Å²) in [5.41, 5.74) is 2.67. The average Bonchev–Trinajstić information content (AvgIpc) is 2.65. The van der Waals surface area contributed by atoms with Gasteiger partial charge in [-0.15, -0.1) is 0 Å². The molecule has 0 radical (unpaired) electrons. The number of hydrazone groups is 1. The van der Waals surface area contributed by atoms with Crippen molar-refractivity contribution in [3.8, 4) is 11.5 Å². The first-order chi connectivity index (χ1) is 12.5. The molecule has 0 bridgehead atoms. The number of carbonyl (C=O) groups excluding carboxylic acids is 1. The van der Waals surface area contributed by atoms with Gasteiger partial charge in [0.2, 0.25) is 0 Å². The van der Waals surface area contributed by atoms with Crippen molar-refractivity contribution in [2.24, 2.45) is 5.10 Å². The molecule has 1 heterocycles. The van der Waals surface area contributed by atoms with E-state index in [1.165, 1.54) is 29.1 Å². The largest absolute Gasteiger partial charge is 0.504 e. The Bertz CT molecular complexity index is 1070. The van der Waals surface area contributed by atoms with Crippen LogP contribution in [0, 0.1) is 0 Å². The summed E-state index contributed by atoms with van der Waals surface area (Å²) >= 11 is 0. The number of fused-ring (bicyclic) bond motifs is 1. The van der Waals surface area contributed by atoms with Gasteiger partial charge < -0.3 is 10.2 Å². The fourth-order valence-electron chi connectivity index (χ4n) is 2.46. The lowest BCUT2D eigenvalue weighted by molar-refractivity contribution is 0.0949. The number of nitrogens with zero attached hydrogens (tertiary/aromatic N) is 3. The normalized spacial score (nSPS) is 11.1. The molecule has 8 heteroatoms. The highest BCUT2D eigenvalue weighted by Gasteiger charge is 2.15. The summed E-state index contributed by atoms with van der Waals surface area (Å²) < 4.78 is 1.22. The quantitative estimate of drug-likeness (QED) is 0.374. The van der Waals surface area contributed by atoms with E-state index in [2.05, 4.69) is 15.6 Å². The zero-order valence-electron chi connectivity index (χ0n) is 13.9. The van der Waals surface area contributed by atoms with Crippen molar-refractivity contribution in [2.45, 2.75) is 13.5 Å². The number of phenolic OH excluding ortho intramolecular Hbond substituents is 2. The smallest absolute Gasteiger partial charge is 0.292 e. The van der Waals surface area contributed by atoms with Crippen molar-refractivity contribution in [1.29, 1.82) is 0 Å². The number of rotatable bonds is 4. The maximum atomic E-state index is 12.5. The van der Waals surface area contributed by atoms with E-state index in [0.29, 0.717) is 22.9 Å². The van der Waals surface area contributed by atoms with Gasteiger partial charge in [0.15, 0.2) is 17.2 Å². The van der Waals surface area contributed by atoms with Crippen molar-refractivity contribution in [3.05, 3.63) is 64.1 Å². The third kappa shape index (κ3) is 3.25. The number of amides is 1. The number of hydrogen-bond acceptors (Lipinski definition) is 6. The number of aromatic hydroxyl groups is 2. The third-order valence-electron chi connectivity index (χ3n) is 3.76. The van der Waals surface area contributed by atoms with Crippen LogP contribution in [0.5, 0.6) is 11.5 Å². The van der Waals surface area contributed by atoms with Crippen molar-refractivity contribution in [1.82, 2.24) is 15.2 Å². The van der Waals surface area contributed by atoms with E-state index < -0.39 is 5.91 Å². The Morgan fingerprint density at radius 2 is 1.92 bits per heavy atom. The van der Waals surface area contributed by atoms with Gasteiger partial charge in [-0.1, -0.05) is 18.2 Å². The lowest BCUT2D eigenvalue weighted by Crippen LogP contribution is -2.28. The van der Waals surface area contributed by atoms with Gasteiger partial charge in [-0.05, 0) is 36.8 Å². The van der Waals surface area contributed by atoms with Gasteiger partial charge in [-0.25, -0.2) is 10.1 Å². The maximum Gasteiger partial charge on any atom is 0.292 e. The number of aromatic nitrogens is 2. The highest BCUT2D eigenvalue weighted by Crippen LogP contribution is 2.23. The predicted molar refractivity (Wildman–Crippen MR) is 96.5 cm³/mol. The Labute approximate surface area is 148 Å². The van der Waals surface area contributed by atoms with Gasteiger partial charge in [-0.3, -0.25) is 9.59 Å². The highest BCUT2D eigenvalue weighted by molar-refractivity contribution is 6.04. The number of nitrogens with one attached hydrogen (secondary N) is 1. The summed E-state index contributed by atoms with van der Waals surface area (Å²) in [5, 5.41) is 27.5. The fourth-order valence-corrected chi connectivity index (χ4v) is 2.46. The first kappa shape index (κ1) is 17.2. The van der Waals surface area contributed by atoms with Gasteiger partial charge in [0.05, 0.1) is 11.6 Å². The van der Waals surface area contributed by atoms with Crippen LogP contribution in [0.25, 0.3) is 10.8 Å². The van der Waals surface area contributed by atoms with Crippen LogP contribution in [-0.4, -0.2) is 32.1 Å². The van der Waals surface area contributed by atoms with E-state index in [0.717, 1.165) is 0 Å². The van der Waals surface area contributed by atoms with E-state index >= 15 is 0 Å². The molecule has 0 spiro atoms. The molecule has 0 aliphatic rings. The molecule has 1 aromatic heterocycles. The first-order valence-corrected chi connectivity index (χ1v) is 7.86. The maximum absolute atomic E-state index is 12.5. The Balaban J connectivity index is 1.90. The predicted octanol–water partition coefficient (Wildman–Crippen LogP) is 1.59. The summed E-state index contributed by atoms with van der Waals surface area (Å²) in [6.45, 7) is 2.10. The zero-order valence-corrected chi connectivity index (χ0v) is 13.9. The van der Waals surface area contributed by atoms with E-state index in [4.69, 9.17) is 0 Å². The Morgan fingerprint density at radius 3 is 2.62 bits per heavy atom. The van der Waals surface area contributed by atoms with Gasteiger partial charge in [0, 0.05) is 11.9 Å². The molecule has 0 atom stereocenters. The molecular weight excluding hydrogens is 336 g/mol. The minimum absolute atomic E-state index is 0.0905. The van der Waals surface area contributed by atoms with Crippen LogP contribution in [0.1, 0.15) is 23.0 Å². The summed E-state index contributed by atoms with van der Waals surface area (Å²) in [6, 6.07) is 10.9. The minimum atomic E-state index is -0.567. The number of aryl methyl sites for hydroxylation is 1. The highest BCUT2D eigenvalue weighted by atomic mass is 16.3. The molecule has 26 heavy (non-hydrogen) atoms. The second-order valence-corrected chi connectivity index (χ2v) is 5.46. The van der Waals surface area contributed by atoms with Gasteiger partial charge in [-0.2, -0.15) is 10.2 Å². The number of hydrogen-bond donors (Lipinski definition) is 3. The molecule has 3 aromatic rings. The van der Waals surface area contributed by atoms with Crippen LogP contribution in [-0.2, 0) is 6.54 Å². The van der Waals surface area contributed by atoms with Gasteiger partial charge >= 0.3 is 0 Å². The molecule has 0 aliphatic heterocycles. The molecular formula is C18H16N4O4. The standard InChI is InChI=1S/C18H16N4O4/c1-2-22-18(26)13-6-4-3-5-12(13)16(21-22)17(25)20-19-10-11-7-8-14(23)15(24)9-11/h3-10,23-24H,2H2,1H3,(H,20,25)/b19-10+. The molecule has 1 amide bonds. The summed E-state index contributed by atoms with van der Waals surface area (Å²) in [6.07, 6.45) is 1.31. The van der Waals surface area contributed by atoms with Crippen LogP contribution in [0.15, 0.2) is 52.4 Å². The molecule has 0 fully saturated rings. The summed E-state index contributed by atoms with van der Waals surface area (Å²) in [7, 11) is 0. The molecule has 0 aliphatic carbocycles. The van der Waals surface area contributed by atoms with Crippen molar-refractivity contribution >= 4 is 22.9 Å². The molecule has 2 aromatic carbocycles. The molecule has 3 rings (SSSR count). The Hall–Kier alpha value is -3.68. The molecule has 8 nitrogen and oxygen atoms in total. The third-order valence-corrected chi connectivity index (χ3v) is 3.76. The van der Waals surface area contributed by atoms with Crippen LogP contribution >= 0.6 is 0 Å². The van der Waals surface area contributed by atoms with E-state index in [1.54, 1.807) is 31.2 Å². The minimum Gasteiger partial charge on any atom is -0.504 e. The molecule has 3 N–H and O–H groups in total. The summed E-state index contributed by atoms with van der Waals surface area (Å²) in [4.78, 5) is 24.7. The lowest BCUT2D eigenvalue weighted by atomic mass is 10.1. The van der Waals surface area contributed by atoms with Gasteiger partial charge in [0.1, 0.15) is 0 Å². The lowest BCUT2D eigenvalue weighted by Gasteiger charge is -2.08. The molecule has 132 valence electrons. The van der Waals surface area contributed by atoms with Crippen molar-refractivity contribution in [3.63, 3.8) is 0 Å². The van der Waals surface area contributed by atoms with E-state index in [1.807, 2.05) is 0 Å². The Morgan fingerprint density at radius 1 is 1.19 bits per heavy atom. The molecule has 0 unspecified atom stereocenters. The second-order valence-electron chi connectivity index (χ2n) is 5.46. The fraction of sp³-hybridized carbons (Fsp3) is 0.111. The zero-order chi connectivity index (χ0) is 18.7. The van der Waals surface area contributed by atoms with E-state index in [9.17, 15) is 19.8 Å². The molecule has 0 saturated heterocycles. The first-order valence-electron chi connectivity index (χ1n) is 7.86.